The number of ketones is 1. The highest BCUT2D eigenvalue weighted by molar-refractivity contribution is 7.85. The fourth-order valence-electron chi connectivity index (χ4n) is 2.47. The Bertz CT molecular complexity index is 525. The largest absolute Gasteiger partial charge is 0.387 e. The molecule has 0 spiro atoms. The molecule has 2 unspecified atom stereocenters. The van der Waals surface area contributed by atoms with Crippen LogP contribution in [0.4, 0.5) is 0 Å². The van der Waals surface area contributed by atoms with Crippen molar-refractivity contribution in [2.45, 2.75) is 61.9 Å². The first-order chi connectivity index (χ1) is 11.5. The van der Waals surface area contributed by atoms with E-state index < -0.39 is 70.9 Å². The second-order valence-electron chi connectivity index (χ2n) is 6.07. The van der Waals surface area contributed by atoms with Gasteiger partial charge in [-0.1, -0.05) is 0 Å². The predicted octanol–water partition coefficient (Wildman–Crippen LogP) is -3.86. The van der Waals surface area contributed by atoms with Crippen molar-refractivity contribution in [1.82, 2.24) is 0 Å². The number of carbonyl (C=O) groups excluding carboxylic acids is 1. The first-order valence-corrected chi connectivity index (χ1v) is 9.32. The number of hydrogen-bond acceptors (Lipinski definition) is 10. The molecule has 1 saturated carbocycles. The molecular formula is C13H25NO10S. The first-order valence-electron chi connectivity index (χ1n) is 7.71. The lowest BCUT2D eigenvalue weighted by Gasteiger charge is -2.41. The van der Waals surface area contributed by atoms with Crippen LogP contribution < -0.4 is 5.73 Å². The number of carbonyl (C=O) groups is 1. The van der Waals surface area contributed by atoms with Crippen LogP contribution in [0.1, 0.15) is 19.3 Å². The summed E-state index contributed by atoms with van der Waals surface area (Å²) in [5.74, 6) is -0.929. The Hall–Kier alpha value is -0.700. The van der Waals surface area contributed by atoms with Gasteiger partial charge >= 0.3 is 0 Å². The van der Waals surface area contributed by atoms with Crippen LogP contribution >= 0.6 is 0 Å². The molecule has 0 aromatic heterocycles. The van der Waals surface area contributed by atoms with Crippen LogP contribution in [0.5, 0.6) is 0 Å². The molecule has 1 aliphatic carbocycles. The lowest BCUT2D eigenvalue weighted by molar-refractivity contribution is -0.235. The number of Topliss-reactive ketones (excluding diaryl/α,β-unsaturated/α-hetero) is 1. The van der Waals surface area contributed by atoms with Crippen molar-refractivity contribution in [3.05, 3.63) is 0 Å². The number of nitrogens with two attached hydrogens (primary N) is 1. The van der Waals surface area contributed by atoms with E-state index in [1.807, 2.05) is 0 Å². The lowest BCUT2D eigenvalue weighted by atomic mass is 9.85. The van der Waals surface area contributed by atoms with Gasteiger partial charge in [0.2, 0.25) is 0 Å². The normalized spacial score (nSPS) is 34.7. The second kappa shape index (κ2) is 9.30. The number of ether oxygens (including phenoxy) is 1. The summed E-state index contributed by atoms with van der Waals surface area (Å²) < 4.78 is 34.8. The third-order valence-electron chi connectivity index (χ3n) is 4.03. The van der Waals surface area contributed by atoms with E-state index >= 15 is 0 Å². The molecule has 12 heteroatoms. The molecule has 8 N–H and O–H groups in total. The van der Waals surface area contributed by atoms with Crippen LogP contribution in [-0.2, 0) is 19.6 Å². The Balaban J connectivity index is 2.44. The molecular weight excluding hydrogens is 362 g/mol. The number of rotatable bonds is 9. The van der Waals surface area contributed by atoms with E-state index in [1.54, 1.807) is 0 Å². The Morgan fingerprint density at radius 3 is 1.92 bits per heavy atom. The maximum absolute atomic E-state index is 11.8. The minimum Gasteiger partial charge on any atom is -0.387 e. The van der Waals surface area contributed by atoms with E-state index in [4.69, 9.17) is 15.0 Å². The summed E-state index contributed by atoms with van der Waals surface area (Å²) in [6.45, 7) is -0.425. The zero-order valence-electron chi connectivity index (χ0n) is 13.4. The SMILES string of the molecule is N[C@@H](COC1[C@@H](O)[C@H](O)C(O)[C@H](O)[C@H]1O)C(=O)CCCCS(=O)(=O)O. The van der Waals surface area contributed by atoms with E-state index in [0.29, 0.717) is 0 Å². The predicted molar refractivity (Wildman–Crippen MR) is 83.0 cm³/mol. The van der Waals surface area contributed by atoms with Crippen LogP contribution in [0.25, 0.3) is 0 Å². The van der Waals surface area contributed by atoms with Crippen molar-refractivity contribution in [2.24, 2.45) is 5.73 Å². The quantitative estimate of drug-likeness (QED) is 0.150. The maximum Gasteiger partial charge on any atom is 0.264 e. The second-order valence-corrected chi connectivity index (χ2v) is 7.64. The third-order valence-corrected chi connectivity index (χ3v) is 4.83. The van der Waals surface area contributed by atoms with Crippen molar-refractivity contribution in [2.75, 3.05) is 12.4 Å². The van der Waals surface area contributed by atoms with E-state index in [-0.39, 0.29) is 19.3 Å². The zero-order chi connectivity index (χ0) is 19.4. The van der Waals surface area contributed by atoms with E-state index in [1.165, 1.54) is 0 Å². The number of aliphatic hydroxyl groups is 5. The molecule has 0 bridgehead atoms. The minimum atomic E-state index is -4.08. The van der Waals surface area contributed by atoms with Crippen LogP contribution in [0, 0.1) is 0 Å². The molecule has 0 radical (unpaired) electrons. The van der Waals surface area contributed by atoms with Gasteiger partial charge in [-0.15, -0.1) is 0 Å². The van der Waals surface area contributed by atoms with Crippen LogP contribution in [0.3, 0.4) is 0 Å². The Kier molecular flexibility index (Phi) is 8.31. The van der Waals surface area contributed by atoms with Crippen molar-refractivity contribution < 1.29 is 48.0 Å². The highest BCUT2D eigenvalue weighted by Crippen LogP contribution is 2.24. The van der Waals surface area contributed by atoms with Gasteiger partial charge in [-0.2, -0.15) is 8.42 Å². The third kappa shape index (κ3) is 6.51. The van der Waals surface area contributed by atoms with Crippen LogP contribution in [-0.4, -0.2) is 99.3 Å². The summed E-state index contributed by atoms with van der Waals surface area (Å²) >= 11 is 0. The summed E-state index contributed by atoms with van der Waals surface area (Å²) in [5, 5.41) is 48.1. The number of hydrogen-bond donors (Lipinski definition) is 7. The monoisotopic (exact) mass is 387 g/mol. The average Bonchev–Trinajstić information content (AvgIpc) is 2.53. The smallest absolute Gasteiger partial charge is 0.264 e. The summed E-state index contributed by atoms with van der Waals surface area (Å²) in [6.07, 6.45) is -9.85. The van der Waals surface area contributed by atoms with Gasteiger partial charge < -0.3 is 36.0 Å². The zero-order valence-corrected chi connectivity index (χ0v) is 14.2. The molecule has 7 atom stereocenters. The molecule has 1 fully saturated rings. The Labute approximate surface area is 144 Å². The minimum absolute atomic E-state index is 0.0558. The molecule has 11 nitrogen and oxygen atoms in total. The van der Waals surface area contributed by atoms with Crippen molar-refractivity contribution >= 4 is 15.9 Å². The Morgan fingerprint density at radius 1 is 0.960 bits per heavy atom. The molecule has 0 saturated heterocycles. The lowest BCUT2D eigenvalue weighted by Crippen LogP contribution is -2.64. The summed E-state index contributed by atoms with van der Waals surface area (Å²) in [6, 6.07) is -1.13. The molecule has 0 aromatic rings. The van der Waals surface area contributed by atoms with Crippen molar-refractivity contribution in [3.63, 3.8) is 0 Å². The number of aliphatic hydroxyl groups excluding tert-OH is 5. The highest BCUT2D eigenvalue weighted by Gasteiger charge is 2.49. The van der Waals surface area contributed by atoms with Crippen molar-refractivity contribution in [1.29, 1.82) is 0 Å². The Morgan fingerprint density at radius 2 is 1.44 bits per heavy atom. The van der Waals surface area contributed by atoms with E-state index in [2.05, 4.69) is 0 Å². The molecule has 1 aliphatic rings. The van der Waals surface area contributed by atoms with Crippen LogP contribution in [0.15, 0.2) is 0 Å². The van der Waals surface area contributed by atoms with Gasteiger partial charge in [-0.05, 0) is 12.8 Å². The van der Waals surface area contributed by atoms with Gasteiger partial charge in [0.05, 0.1) is 18.4 Å². The first kappa shape index (κ1) is 22.3. The van der Waals surface area contributed by atoms with Gasteiger partial charge in [-0.25, -0.2) is 0 Å². The fraction of sp³-hybridized carbons (Fsp3) is 0.923. The highest BCUT2D eigenvalue weighted by atomic mass is 32.2. The molecule has 0 amide bonds. The standard InChI is InChI=1S/C13H25NO10S/c14-6(7(15)3-1-2-4-25(21,22)23)5-24-13-11(19)9(17)8(16)10(18)12(13)20/h6,8-13,16-20H,1-5,14H2,(H,21,22,23)/t6-,8?,9-,10+,11+,12-,13?/m0/s1. The van der Waals surface area contributed by atoms with E-state index in [0.717, 1.165) is 0 Å². The van der Waals surface area contributed by atoms with Gasteiger partial charge in [0.15, 0.2) is 5.78 Å². The summed E-state index contributed by atoms with van der Waals surface area (Å²) in [7, 11) is -4.08. The molecule has 0 heterocycles. The fourth-order valence-corrected chi connectivity index (χ4v) is 3.04. The van der Waals surface area contributed by atoms with Crippen molar-refractivity contribution in [3.8, 4) is 0 Å². The molecule has 0 aliphatic heterocycles. The maximum atomic E-state index is 11.8. The summed E-state index contributed by atoms with van der Waals surface area (Å²) in [5.41, 5.74) is 5.61. The average molecular weight is 387 g/mol. The van der Waals surface area contributed by atoms with E-state index in [9.17, 15) is 38.7 Å². The molecule has 25 heavy (non-hydrogen) atoms. The molecule has 0 aromatic carbocycles. The van der Waals surface area contributed by atoms with Gasteiger partial charge in [0, 0.05) is 6.42 Å². The summed E-state index contributed by atoms with van der Waals surface area (Å²) in [4.78, 5) is 11.8. The van der Waals surface area contributed by atoms with Crippen LogP contribution in [0.2, 0.25) is 0 Å². The molecule has 148 valence electrons. The number of unbranched alkanes of at least 4 members (excludes halogenated alkanes) is 1. The van der Waals surface area contributed by atoms with Gasteiger partial charge in [0.25, 0.3) is 10.1 Å². The van der Waals surface area contributed by atoms with Gasteiger partial charge in [0.1, 0.15) is 36.6 Å². The topological polar surface area (TPSA) is 208 Å². The van der Waals surface area contributed by atoms with Gasteiger partial charge in [-0.3, -0.25) is 9.35 Å². The molecule has 1 rings (SSSR count).